The third kappa shape index (κ3) is 15.3. The summed E-state index contributed by atoms with van der Waals surface area (Å²) in [4.78, 5) is 66.9. The number of carbonyl (C=O) groups excluding carboxylic acids is 5. The Hall–Kier alpha value is -3.60. The van der Waals surface area contributed by atoms with Crippen LogP contribution in [0.3, 0.4) is 0 Å². The van der Waals surface area contributed by atoms with Crippen LogP contribution < -0.4 is 11.1 Å². The minimum atomic E-state index is -0.811. The second-order valence-corrected chi connectivity index (χ2v) is 23.9. The topological polar surface area (TPSA) is 136 Å². The standard InChI is InChI=1S/C18H26N2O2.C15H21NO.C14H18NO.C8H9.C7H13NO.C3H9N.2Y/c1-6-11-19-15(21)18(17(3,4)16(22)20(18)5)12-14-9-7-13(2)8-10-14;1-11-6-8-12(9-7-11)10-15(4)14(2,3)13(17)16(15)5;1-13(2)12(16)15(4)14(13,3)10-11-8-6-5-7-9-11;1-2-8-6-4-3-5-7-8;1-5-7(2,3)6(9)8(5)4;1-2-3-4;;/h7-10H,6,11-12H2,1-5H3,(H,19,21);6-9H,10H2,1-5H3;6-9H,10H2,1-4H3;4-7H,2H2,1H3;5H,1-4H3;2-4H2,1H3;;/q;;2*-1;;;;. The van der Waals surface area contributed by atoms with Gasteiger partial charge < -0.3 is 30.7 Å². The first-order valence-electron chi connectivity index (χ1n) is 27.4. The summed E-state index contributed by atoms with van der Waals surface area (Å²) < 4.78 is 0. The molecule has 78 heavy (non-hydrogen) atoms. The zero-order valence-corrected chi connectivity index (χ0v) is 57.2. The first-order chi connectivity index (χ1) is 35.3. The van der Waals surface area contributed by atoms with E-state index in [1.54, 1.807) is 16.8 Å². The molecule has 4 fully saturated rings. The van der Waals surface area contributed by atoms with Gasteiger partial charge in [-0.1, -0.05) is 86.8 Å². The van der Waals surface area contributed by atoms with Crippen LogP contribution in [-0.4, -0.2) is 113 Å². The van der Waals surface area contributed by atoms with Crippen molar-refractivity contribution in [1.82, 2.24) is 24.9 Å². The van der Waals surface area contributed by atoms with Crippen molar-refractivity contribution in [3.8, 4) is 0 Å². The number of nitrogens with two attached hydrogens (primary N) is 1. The molecular formula is C65H96N6O5Y2-2. The smallest absolute Gasteiger partial charge is 0.247 e. The summed E-state index contributed by atoms with van der Waals surface area (Å²) in [6.07, 6.45) is 5.45. The number of likely N-dealkylation sites (N-methyl/N-ethyl adjacent to an activating group) is 3. The number of carbonyl (C=O) groups is 5. The largest absolute Gasteiger partial charge is 0.354 e. The number of benzene rings is 4. The monoisotopic (exact) mass is 1220 g/mol. The van der Waals surface area contributed by atoms with Crippen molar-refractivity contribution in [3.63, 3.8) is 0 Å². The molecule has 2 radical (unpaired) electrons. The first-order valence-corrected chi connectivity index (χ1v) is 27.4. The number of nitrogens with one attached hydrogen (secondary N) is 1. The van der Waals surface area contributed by atoms with Gasteiger partial charge in [-0.3, -0.25) is 24.0 Å². The molecular weight excluding hydrogens is 1120 g/mol. The fourth-order valence-electron chi connectivity index (χ4n) is 10.5. The van der Waals surface area contributed by atoms with Crippen molar-refractivity contribution < 1.29 is 89.4 Å². The maximum absolute atomic E-state index is 12.8. The predicted molar refractivity (Wildman–Crippen MR) is 311 cm³/mol. The zero-order valence-electron chi connectivity index (χ0n) is 51.5. The number of likely N-dealkylation sites (tertiary alicyclic amines) is 4. The third-order valence-corrected chi connectivity index (χ3v) is 17.8. The molecule has 0 saturated carbocycles. The molecule has 0 aliphatic carbocycles. The average Bonchev–Trinajstić information content (AvgIpc) is 3.42. The molecule has 5 amide bonds. The van der Waals surface area contributed by atoms with Gasteiger partial charge >= 0.3 is 0 Å². The SMILES string of the molecule is CC1N(C)C(=O)C1(C)C.CCCN.CCCNC(=O)C1(Cc2ccc(C)cc2)N(C)C(=O)C1(C)C.CCc1cc[c-]cc1.CN1C(=O)C(C)(C)C1(C)Cc1cc[c-]cc1.Cc1ccc(CC2(C)N(C)C(=O)C2(C)C)cc1.[Y].[Y]. The first kappa shape index (κ1) is 72.4. The van der Waals surface area contributed by atoms with Crippen molar-refractivity contribution in [2.45, 2.75) is 172 Å². The summed E-state index contributed by atoms with van der Waals surface area (Å²) in [6.45, 7) is 34.1. The number of aryl methyl sites for hydroxylation is 3. The number of hydrogen-bond acceptors (Lipinski definition) is 6. The molecule has 0 bridgehead atoms. The molecule has 0 spiro atoms. The second kappa shape index (κ2) is 29.9. The van der Waals surface area contributed by atoms with E-state index in [2.05, 4.69) is 108 Å². The van der Waals surface area contributed by atoms with Crippen LogP contribution in [-0.2, 0) is 115 Å². The van der Waals surface area contributed by atoms with E-state index in [-0.39, 0.29) is 122 Å². The maximum Gasteiger partial charge on any atom is 0.247 e. The number of hydrogen-bond donors (Lipinski definition) is 2. The third-order valence-electron chi connectivity index (χ3n) is 17.8. The van der Waals surface area contributed by atoms with Crippen LogP contribution in [0.15, 0.2) is 97.1 Å². The van der Waals surface area contributed by atoms with E-state index in [9.17, 15) is 24.0 Å². The molecule has 4 aliphatic heterocycles. The molecule has 4 aromatic carbocycles. The van der Waals surface area contributed by atoms with Crippen molar-refractivity contribution in [2.75, 3.05) is 41.3 Å². The van der Waals surface area contributed by atoms with Gasteiger partial charge in [-0.05, 0) is 133 Å². The van der Waals surface area contributed by atoms with E-state index in [0.717, 1.165) is 44.2 Å². The van der Waals surface area contributed by atoms with Crippen LogP contribution in [0.2, 0.25) is 0 Å². The van der Waals surface area contributed by atoms with Gasteiger partial charge in [-0.15, -0.1) is 0 Å². The van der Waals surface area contributed by atoms with Crippen LogP contribution in [0.1, 0.15) is 143 Å². The van der Waals surface area contributed by atoms with E-state index < -0.39 is 11.0 Å². The Kier molecular flexibility index (Phi) is 27.8. The molecule has 0 aromatic heterocycles. The minimum absolute atomic E-state index is 0. The van der Waals surface area contributed by atoms with Gasteiger partial charge in [0.1, 0.15) is 5.54 Å². The van der Waals surface area contributed by atoms with Gasteiger partial charge in [0.2, 0.25) is 29.5 Å². The molecule has 4 aliphatic rings. The normalized spacial score (nSPS) is 23.1. The number of nitrogens with zero attached hydrogens (tertiary/aromatic N) is 4. The van der Waals surface area contributed by atoms with Gasteiger partial charge in [-0.25, -0.2) is 0 Å². The number of rotatable bonds is 11. The van der Waals surface area contributed by atoms with Gasteiger partial charge in [0, 0.05) is 113 Å². The molecule has 4 saturated heterocycles. The second-order valence-electron chi connectivity index (χ2n) is 23.9. The van der Waals surface area contributed by atoms with Gasteiger partial charge in [0.25, 0.3) is 0 Å². The number of amides is 5. The minimum Gasteiger partial charge on any atom is -0.354 e. The maximum atomic E-state index is 12.8. The molecule has 3 N–H and O–H groups in total. The van der Waals surface area contributed by atoms with E-state index in [0.29, 0.717) is 19.0 Å². The molecule has 4 heterocycles. The van der Waals surface area contributed by atoms with E-state index in [4.69, 9.17) is 5.73 Å². The Morgan fingerprint density at radius 1 is 0.526 bits per heavy atom. The summed E-state index contributed by atoms with van der Waals surface area (Å²) in [5.41, 5.74) is 10.2. The van der Waals surface area contributed by atoms with Crippen molar-refractivity contribution in [1.29, 1.82) is 0 Å². The van der Waals surface area contributed by atoms with Gasteiger partial charge in [-0.2, -0.15) is 71.8 Å². The van der Waals surface area contributed by atoms with Crippen LogP contribution in [0.4, 0.5) is 0 Å². The van der Waals surface area contributed by atoms with Crippen LogP contribution in [0.5, 0.6) is 0 Å². The van der Waals surface area contributed by atoms with Crippen LogP contribution in [0.25, 0.3) is 0 Å². The number of β-lactam (4-membered cyclic amide) rings is 4. The molecule has 4 atom stereocenters. The summed E-state index contributed by atoms with van der Waals surface area (Å²) in [6, 6.07) is 39.2. The van der Waals surface area contributed by atoms with Crippen LogP contribution >= 0.6 is 0 Å². The van der Waals surface area contributed by atoms with E-state index >= 15 is 0 Å². The van der Waals surface area contributed by atoms with E-state index in [1.165, 1.54) is 27.8 Å². The Morgan fingerprint density at radius 2 is 0.872 bits per heavy atom. The molecule has 4 aromatic rings. The summed E-state index contributed by atoms with van der Waals surface area (Å²) in [5, 5.41) is 2.98. The fraction of sp³-hybridized carbons (Fsp3) is 0.554. The summed E-state index contributed by atoms with van der Waals surface area (Å²) in [7, 11) is 7.37. The Labute approximate surface area is 522 Å². The van der Waals surface area contributed by atoms with Crippen molar-refractivity contribution >= 4 is 29.5 Å². The van der Waals surface area contributed by atoms with E-state index in [1.807, 2.05) is 149 Å². The van der Waals surface area contributed by atoms with Crippen LogP contribution in [0, 0.1) is 47.6 Å². The van der Waals surface area contributed by atoms with Gasteiger partial charge in [0.15, 0.2) is 0 Å². The fourth-order valence-corrected chi connectivity index (χ4v) is 10.5. The predicted octanol–water partition coefficient (Wildman–Crippen LogP) is 10.7. The molecule has 13 heteroatoms. The molecule has 11 nitrogen and oxygen atoms in total. The average molecular weight is 1220 g/mol. The summed E-state index contributed by atoms with van der Waals surface area (Å²) >= 11 is 0. The van der Waals surface area contributed by atoms with Crippen molar-refractivity contribution in [2.24, 2.45) is 27.4 Å². The molecule has 4 unspecified atom stereocenters. The Morgan fingerprint density at radius 3 is 1.15 bits per heavy atom. The van der Waals surface area contributed by atoms with Crippen molar-refractivity contribution in [3.05, 3.63) is 143 Å². The zero-order chi connectivity index (χ0) is 57.8. The Bertz CT molecular complexity index is 2550. The molecule has 8 rings (SSSR count). The summed E-state index contributed by atoms with van der Waals surface area (Å²) in [5.74, 6) is 0.702. The quantitative estimate of drug-likeness (QED) is 0.113. The van der Waals surface area contributed by atoms with Gasteiger partial charge in [0.05, 0.1) is 32.7 Å². The Balaban J connectivity index is 0.000000493. The molecule has 424 valence electrons.